The Kier molecular flexibility index (Phi) is 3.53. The van der Waals surface area contributed by atoms with Crippen LogP contribution in [-0.4, -0.2) is 10.8 Å². The van der Waals surface area contributed by atoms with Crippen molar-refractivity contribution in [3.05, 3.63) is 77.0 Å². The number of hydrogen-bond acceptors (Lipinski definition) is 2. The molecule has 1 heterocycles. The lowest BCUT2D eigenvalue weighted by molar-refractivity contribution is 0.0991. The van der Waals surface area contributed by atoms with E-state index < -0.39 is 0 Å². The monoisotopic (exact) mass is 275 g/mol. The van der Waals surface area contributed by atoms with Crippen molar-refractivity contribution in [1.29, 1.82) is 0 Å². The van der Waals surface area contributed by atoms with E-state index >= 15 is 0 Å². The third-order valence-corrected chi connectivity index (χ3v) is 3.90. The van der Waals surface area contributed by atoms with Crippen LogP contribution in [0.1, 0.15) is 27.2 Å². The molecule has 0 saturated carbocycles. The number of aromatic nitrogens is 1. The first-order valence-corrected chi connectivity index (χ1v) is 7.09. The minimum absolute atomic E-state index is 0.124. The van der Waals surface area contributed by atoms with Crippen LogP contribution in [-0.2, 0) is 6.42 Å². The number of carbonyl (C=O) groups is 1. The summed E-state index contributed by atoms with van der Waals surface area (Å²) < 4.78 is 0. The van der Waals surface area contributed by atoms with Gasteiger partial charge >= 0.3 is 0 Å². The number of benzene rings is 2. The van der Waals surface area contributed by atoms with Gasteiger partial charge in [0.25, 0.3) is 0 Å². The van der Waals surface area contributed by atoms with Gasteiger partial charge in [-0.05, 0) is 37.1 Å². The van der Waals surface area contributed by atoms with Crippen molar-refractivity contribution < 1.29 is 4.79 Å². The zero-order valence-electron chi connectivity index (χ0n) is 12.3. The Morgan fingerprint density at radius 3 is 2.62 bits per heavy atom. The molecule has 0 saturated heterocycles. The third-order valence-electron chi connectivity index (χ3n) is 3.90. The Labute approximate surface area is 124 Å². The van der Waals surface area contributed by atoms with Crippen molar-refractivity contribution in [2.45, 2.75) is 20.3 Å². The average molecular weight is 275 g/mol. The number of nitrogens with zero attached hydrogens (tertiary/aromatic N) is 1. The van der Waals surface area contributed by atoms with E-state index in [2.05, 4.69) is 4.98 Å². The highest BCUT2D eigenvalue weighted by atomic mass is 16.1. The molecular formula is C19H17NO. The van der Waals surface area contributed by atoms with Crippen molar-refractivity contribution in [2.75, 3.05) is 0 Å². The summed E-state index contributed by atoms with van der Waals surface area (Å²) in [5, 5.41) is 1.10. The number of hydrogen-bond donors (Lipinski definition) is 0. The molecule has 0 aliphatic carbocycles. The maximum Gasteiger partial charge on any atom is 0.169 e. The minimum Gasteiger partial charge on any atom is -0.294 e. The van der Waals surface area contributed by atoms with Gasteiger partial charge in [0.05, 0.1) is 11.9 Å². The smallest absolute Gasteiger partial charge is 0.169 e. The number of carbonyl (C=O) groups excluding carboxylic acids is 1. The summed E-state index contributed by atoms with van der Waals surface area (Å²) in [5.74, 6) is 0.124. The zero-order valence-corrected chi connectivity index (χ0v) is 12.3. The first-order valence-electron chi connectivity index (χ1n) is 7.09. The van der Waals surface area contributed by atoms with Crippen LogP contribution in [0.25, 0.3) is 10.9 Å². The standard InChI is InChI=1S/C19H17NO/c1-13-6-5-8-17(14(13)2)19(21)12-16-11-10-15-7-3-4-9-18(15)20-16/h3-11H,12H2,1-2H3. The second-order valence-electron chi connectivity index (χ2n) is 5.34. The van der Waals surface area contributed by atoms with Gasteiger partial charge < -0.3 is 0 Å². The van der Waals surface area contributed by atoms with E-state index in [-0.39, 0.29) is 5.78 Å². The summed E-state index contributed by atoms with van der Waals surface area (Å²) in [5.41, 5.74) is 4.75. The highest BCUT2D eigenvalue weighted by Gasteiger charge is 2.12. The molecule has 0 radical (unpaired) electrons. The van der Waals surface area contributed by atoms with Crippen molar-refractivity contribution in [2.24, 2.45) is 0 Å². The van der Waals surface area contributed by atoms with Gasteiger partial charge in [0.15, 0.2) is 5.78 Å². The number of fused-ring (bicyclic) bond motifs is 1. The molecule has 0 aliphatic heterocycles. The highest BCUT2D eigenvalue weighted by Crippen LogP contribution is 2.17. The predicted molar refractivity (Wildman–Crippen MR) is 85.7 cm³/mol. The fourth-order valence-electron chi connectivity index (χ4n) is 2.52. The van der Waals surface area contributed by atoms with E-state index in [4.69, 9.17) is 0 Å². The van der Waals surface area contributed by atoms with E-state index in [1.165, 1.54) is 0 Å². The molecule has 0 fully saturated rings. The van der Waals surface area contributed by atoms with Gasteiger partial charge in [-0.1, -0.05) is 42.5 Å². The largest absolute Gasteiger partial charge is 0.294 e. The van der Waals surface area contributed by atoms with Crippen LogP contribution in [0, 0.1) is 13.8 Å². The van der Waals surface area contributed by atoms with Crippen LogP contribution in [0.4, 0.5) is 0 Å². The Morgan fingerprint density at radius 1 is 0.952 bits per heavy atom. The SMILES string of the molecule is Cc1cccc(C(=O)Cc2ccc3ccccc3n2)c1C. The van der Waals surface area contributed by atoms with E-state index in [0.717, 1.165) is 33.3 Å². The number of ketones is 1. The Hall–Kier alpha value is -2.48. The summed E-state index contributed by atoms with van der Waals surface area (Å²) >= 11 is 0. The van der Waals surface area contributed by atoms with E-state index in [1.807, 2.05) is 68.4 Å². The number of Topliss-reactive ketones (excluding diaryl/α,β-unsaturated/α-hetero) is 1. The topological polar surface area (TPSA) is 30.0 Å². The normalized spacial score (nSPS) is 10.8. The fraction of sp³-hybridized carbons (Fsp3) is 0.158. The number of para-hydroxylation sites is 1. The van der Waals surface area contributed by atoms with Gasteiger partial charge in [-0.15, -0.1) is 0 Å². The van der Waals surface area contributed by atoms with Gasteiger partial charge in [0.1, 0.15) is 0 Å². The lowest BCUT2D eigenvalue weighted by Gasteiger charge is -2.08. The maximum atomic E-state index is 12.5. The zero-order chi connectivity index (χ0) is 14.8. The molecule has 0 bridgehead atoms. The molecule has 0 spiro atoms. The molecule has 0 amide bonds. The summed E-state index contributed by atoms with van der Waals surface area (Å²) in [7, 11) is 0. The fourth-order valence-corrected chi connectivity index (χ4v) is 2.52. The van der Waals surface area contributed by atoms with Gasteiger partial charge in [-0.25, -0.2) is 0 Å². The Balaban J connectivity index is 1.91. The molecule has 1 aromatic heterocycles. The summed E-state index contributed by atoms with van der Waals surface area (Å²) in [6, 6.07) is 17.8. The highest BCUT2D eigenvalue weighted by molar-refractivity contribution is 5.99. The van der Waals surface area contributed by atoms with Crippen LogP contribution < -0.4 is 0 Å². The Bertz CT molecular complexity index is 821. The van der Waals surface area contributed by atoms with Crippen LogP contribution in [0.3, 0.4) is 0 Å². The molecule has 2 aromatic carbocycles. The van der Waals surface area contributed by atoms with Gasteiger partial charge in [-0.3, -0.25) is 9.78 Å². The van der Waals surface area contributed by atoms with Crippen molar-refractivity contribution in [1.82, 2.24) is 4.98 Å². The van der Waals surface area contributed by atoms with Gasteiger partial charge in [0, 0.05) is 16.6 Å². The molecule has 0 unspecified atom stereocenters. The van der Waals surface area contributed by atoms with Crippen molar-refractivity contribution >= 4 is 16.7 Å². The van der Waals surface area contributed by atoms with E-state index in [9.17, 15) is 4.79 Å². The van der Waals surface area contributed by atoms with Gasteiger partial charge in [-0.2, -0.15) is 0 Å². The molecule has 21 heavy (non-hydrogen) atoms. The molecule has 3 aromatic rings. The van der Waals surface area contributed by atoms with Gasteiger partial charge in [0.2, 0.25) is 0 Å². The lowest BCUT2D eigenvalue weighted by Crippen LogP contribution is -2.07. The lowest BCUT2D eigenvalue weighted by atomic mass is 9.97. The third kappa shape index (κ3) is 2.70. The summed E-state index contributed by atoms with van der Waals surface area (Å²) in [6.45, 7) is 4.02. The van der Waals surface area contributed by atoms with Crippen molar-refractivity contribution in [3.8, 4) is 0 Å². The molecule has 0 aliphatic rings. The molecule has 0 atom stereocenters. The maximum absolute atomic E-state index is 12.5. The number of pyridine rings is 1. The summed E-state index contributed by atoms with van der Waals surface area (Å²) in [4.78, 5) is 17.1. The molecule has 2 heteroatoms. The van der Waals surface area contributed by atoms with Crippen LogP contribution in [0.2, 0.25) is 0 Å². The first kappa shape index (κ1) is 13.5. The first-order chi connectivity index (χ1) is 10.1. The van der Waals surface area contributed by atoms with Crippen LogP contribution in [0.15, 0.2) is 54.6 Å². The van der Waals surface area contributed by atoms with Crippen LogP contribution in [0.5, 0.6) is 0 Å². The van der Waals surface area contributed by atoms with Crippen LogP contribution >= 0.6 is 0 Å². The van der Waals surface area contributed by atoms with Crippen molar-refractivity contribution in [3.63, 3.8) is 0 Å². The quantitative estimate of drug-likeness (QED) is 0.668. The molecule has 104 valence electrons. The number of aryl methyl sites for hydroxylation is 1. The predicted octanol–water partition coefficient (Wildman–Crippen LogP) is 4.28. The molecule has 3 rings (SSSR count). The molecule has 0 N–H and O–H groups in total. The molecule has 2 nitrogen and oxygen atoms in total. The van der Waals surface area contributed by atoms with E-state index in [1.54, 1.807) is 0 Å². The van der Waals surface area contributed by atoms with E-state index in [0.29, 0.717) is 6.42 Å². The second-order valence-corrected chi connectivity index (χ2v) is 5.34. The Morgan fingerprint density at radius 2 is 1.76 bits per heavy atom. The molecular weight excluding hydrogens is 258 g/mol. The minimum atomic E-state index is 0.124. The summed E-state index contributed by atoms with van der Waals surface area (Å²) in [6.07, 6.45) is 0.342. The average Bonchev–Trinajstić information content (AvgIpc) is 2.50. The number of rotatable bonds is 3. The second kappa shape index (κ2) is 5.49.